The quantitative estimate of drug-likeness (QED) is 0.333. The third-order valence-corrected chi connectivity index (χ3v) is 2.09. The van der Waals surface area contributed by atoms with Gasteiger partial charge in [0.05, 0.1) is 6.61 Å². The number of rotatable bonds is 7. The van der Waals surface area contributed by atoms with Crippen LogP contribution in [0.5, 0.6) is 0 Å². The van der Waals surface area contributed by atoms with E-state index in [0.29, 0.717) is 6.42 Å². The molecule has 0 amide bonds. The number of aliphatic hydroxyl groups excluding tert-OH is 5. The second-order valence-electron chi connectivity index (χ2n) is 3.39. The van der Waals surface area contributed by atoms with Gasteiger partial charge < -0.3 is 25.5 Å². The van der Waals surface area contributed by atoms with Gasteiger partial charge in [0, 0.05) is 0 Å². The molecule has 0 fully saturated rings. The molecular weight excluding hydrogens is 204 g/mol. The van der Waals surface area contributed by atoms with E-state index in [1.54, 1.807) is 6.92 Å². The molecule has 6 heteroatoms. The fraction of sp³-hybridized carbons (Fsp3) is 0.889. The van der Waals surface area contributed by atoms with Crippen molar-refractivity contribution >= 4 is 5.78 Å². The number of hydrogen-bond acceptors (Lipinski definition) is 6. The largest absolute Gasteiger partial charge is 0.394 e. The van der Waals surface area contributed by atoms with Crippen LogP contribution < -0.4 is 0 Å². The van der Waals surface area contributed by atoms with Gasteiger partial charge >= 0.3 is 0 Å². The van der Waals surface area contributed by atoms with E-state index in [1.165, 1.54) is 0 Å². The maximum atomic E-state index is 11.2. The Morgan fingerprint density at radius 3 is 2.13 bits per heavy atom. The molecule has 0 spiro atoms. The Morgan fingerprint density at radius 2 is 1.73 bits per heavy atom. The molecule has 0 aliphatic rings. The van der Waals surface area contributed by atoms with Gasteiger partial charge in [-0.25, -0.2) is 0 Å². The molecule has 6 nitrogen and oxygen atoms in total. The van der Waals surface area contributed by atoms with E-state index in [4.69, 9.17) is 10.2 Å². The van der Waals surface area contributed by atoms with Gasteiger partial charge in [-0.15, -0.1) is 0 Å². The Hall–Kier alpha value is -0.530. The average molecular weight is 222 g/mol. The number of Topliss-reactive ketones (excluding diaryl/α,β-unsaturated/α-hetero) is 1. The minimum absolute atomic E-state index is 0.178. The van der Waals surface area contributed by atoms with E-state index >= 15 is 0 Å². The minimum Gasteiger partial charge on any atom is -0.394 e. The average Bonchev–Trinajstić information content (AvgIpc) is 2.25. The van der Waals surface area contributed by atoms with Crippen LogP contribution in [0, 0.1) is 0 Å². The topological polar surface area (TPSA) is 118 Å². The Morgan fingerprint density at radius 1 is 1.20 bits per heavy atom. The van der Waals surface area contributed by atoms with Crippen molar-refractivity contribution in [3.63, 3.8) is 0 Å². The zero-order valence-electron chi connectivity index (χ0n) is 8.58. The van der Waals surface area contributed by atoms with Crippen LogP contribution in [0.4, 0.5) is 0 Å². The van der Waals surface area contributed by atoms with Crippen molar-refractivity contribution < 1.29 is 30.3 Å². The van der Waals surface area contributed by atoms with E-state index < -0.39 is 36.8 Å². The summed E-state index contributed by atoms with van der Waals surface area (Å²) in [6.07, 6.45) is -5.89. The maximum Gasteiger partial charge on any atom is 0.192 e. The predicted molar refractivity (Wildman–Crippen MR) is 51.0 cm³/mol. The van der Waals surface area contributed by atoms with Crippen molar-refractivity contribution in [3.05, 3.63) is 0 Å². The van der Waals surface area contributed by atoms with Crippen molar-refractivity contribution in [2.24, 2.45) is 0 Å². The van der Waals surface area contributed by atoms with Crippen LogP contribution in [0.15, 0.2) is 0 Å². The number of ketones is 1. The Labute approximate surface area is 87.8 Å². The molecule has 0 aromatic carbocycles. The highest BCUT2D eigenvalue weighted by Gasteiger charge is 2.32. The first-order valence-electron chi connectivity index (χ1n) is 4.82. The number of hydrogen-bond donors (Lipinski definition) is 5. The van der Waals surface area contributed by atoms with Gasteiger partial charge in [-0.2, -0.15) is 0 Å². The summed E-state index contributed by atoms with van der Waals surface area (Å²) < 4.78 is 0. The van der Waals surface area contributed by atoms with E-state index in [2.05, 4.69) is 0 Å². The van der Waals surface area contributed by atoms with Gasteiger partial charge in [-0.1, -0.05) is 13.3 Å². The molecule has 0 aromatic heterocycles. The summed E-state index contributed by atoms with van der Waals surface area (Å²) in [4.78, 5) is 11.2. The molecular formula is C9H18O6. The van der Waals surface area contributed by atoms with Gasteiger partial charge in [0.15, 0.2) is 5.78 Å². The smallest absolute Gasteiger partial charge is 0.192 e. The molecule has 0 bridgehead atoms. The van der Waals surface area contributed by atoms with Crippen molar-refractivity contribution in [2.75, 3.05) is 6.61 Å². The molecule has 0 aliphatic carbocycles. The summed E-state index contributed by atoms with van der Waals surface area (Å²) in [6.45, 7) is 0.983. The van der Waals surface area contributed by atoms with Crippen molar-refractivity contribution in [2.45, 2.75) is 44.2 Å². The molecule has 90 valence electrons. The Kier molecular flexibility index (Phi) is 6.62. The molecule has 15 heavy (non-hydrogen) atoms. The Balaban J connectivity index is 4.30. The summed E-state index contributed by atoms with van der Waals surface area (Å²) >= 11 is 0. The normalized spacial score (nSPS) is 19.3. The summed E-state index contributed by atoms with van der Waals surface area (Å²) in [5.74, 6) is -0.947. The molecule has 0 saturated carbocycles. The lowest BCUT2D eigenvalue weighted by Gasteiger charge is -2.22. The van der Waals surface area contributed by atoms with Crippen LogP contribution in [0.2, 0.25) is 0 Å². The maximum absolute atomic E-state index is 11.2. The highest BCUT2D eigenvalue weighted by molar-refractivity contribution is 5.87. The van der Waals surface area contributed by atoms with E-state index in [-0.39, 0.29) is 6.42 Å². The van der Waals surface area contributed by atoms with Crippen LogP contribution in [0.1, 0.15) is 19.8 Å². The molecule has 0 heterocycles. The lowest BCUT2D eigenvalue weighted by molar-refractivity contribution is -0.148. The first-order chi connectivity index (χ1) is 6.95. The second kappa shape index (κ2) is 6.86. The second-order valence-corrected chi connectivity index (χ2v) is 3.39. The number of carbonyl (C=O) groups is 1. The number of carbonyl (C=O) groups excluding carboxylic acids is 1. The van der Waals surface area contributed by atoms with Gasteiger partial charge in [-0.3, -0.25) is 4.79 Å². The summed E-state index contributed by atoms with van der Waals surface area (Å²) in [7, 11) is 0. The van der Waals surface area contributed by atoms with E-state index in [9.17, 15) is 20.1 Å². The van der Waals surface area contributed by atoms with Crippen LogP contribution in [0.3, 0.4) is 0 Å². The Bertz CT molecular complexity index is 195. The molecule has 4 atom stereocenters. The van der Waals surface area contributed by atoms with Crippen LogP contribution in [-0.2, 0) is 4.79 Å². The highest BCUT2D eigenvalue weighted by atomic mass is 16.4. The zero-order chi connectivity index (χ0) is 12.0. The first kappa shape index (κ1) is 14.5. The van der Waals surface area contributed by atoms with Gasteiger partial charge in [-0.05, 0) is 6.42 Å². The molecule has 5 N–H and O–H groups in total. The molecule has 0 radical (unpaired) electrons. The summed E-state index contributed by atoms with van der Waals surface area (Å²) in [5, 5.41) is 45.1. The van der Waals surface area contributed by atoms with Gasteiger partial charge in [0.2, 0.25) is 0 Å². The van der Waals surface area contributed by atoms with Crippen LogP contribution in [0.25, 0.3) is 0 Å². The van der Waals surface area contributed by atoms with E-state index in [0.717, 1.165) is 0 Å². The first-order valence-corrected chi connectivity index (χ1v) is 4.82. The fourth-order valence-electron chi connectivity index (χ4n) is 1.10. The molecule has 0 aromatic rings. The van der Waals surface area contributed by atoms with Crippen molar-refractivity contribution in [1.82, 2.24) is 0 Å². The van der Waals surface area contributed by atoms with Gasteiger partial charge in [0.1, 0.15) is 24.4 Å². The zero-order valence-corrected chi connectivity index (χ0v) is 8.58. The van der Waals surface area contributed by atoms with Crippen molar-refractivity contribution in [3.8, 4) is 0 Å². The fourth-order valence-corrected chi connectivity index (χ4v) is 1.10. The SMILES string of the molecule is CCCC(O)C(=O)[C@@H](O)[C@@H](O)[C@H](O)CO. The highest BCUT2D eigenvalue weighted by Crippen LogP contribution is 2.07. The van der Waals surface area contributed by atoms with Crippen LogP contribution >= 0.6 is 0 Å². The minimum atomic E-state index is -1.88. The number of aliphatic hydroxyl groups is 5. The molecule has 1 unspecified atom stereocenters. The molecule has 0 rings (SSSR count). The predicted octanol–water partition coefficient (Wildman–Crippen LogP) is -2.21. The van der Waals surface area contributed by atoms with Gasteiger partial charge in [0.25, 0.3) is 0 Å². The standard InChI is InChI=1S/C9H18O6/c1-2-3-5(11)7(13)9(15)8(14)6(12)4-10/h5-6,8-12,14-15H,2-4H2,1H3/t5?,6-,8+,9-/m1/s1. The monoisotopic (exact) mass is 222 g/mol. The van der Waals surface area contributed by atoms with Crippen molar-refractivity contribution in [1.29, 1.82) is 0 Å². The summed E-state index contributed by atoms with van der Waals surface area (Å²) in [5.41, 5.74) is 0. The third kappa shape index (κ3) is 4.23. The molecule has 0 aliphatic heterocycles. The third-order valence-electron chi connectivity index (χ3n) is 2.09. The lowest BCUT2D eigenvalue weighted by atomic mass is 9.99. The molecule has 0 saturated heterocycles. The van der Waals surface area contributed by atoms with E-state index in [1.807, 2.05) is 0 Å². The van der Waals surface area contributed by atoms with Crippen LogP contribution in [-0.4, -0.2) is 62.3 Å². The summed E-state index contributed by atoms with van der Waals surface area (Å²) in [6, 6.07) is 0. The lowest BCUT2D eigenvalue weighted by Crippen LogP contribution is -2.47.